The van der Waals surface area contributed by atoms with Gasteiger partial charge in [0.15, 0.2) is 6.29 Å². The van der Waals surface area contributed by atoms with Crippen LogP contribution in [-0.4, -0.2) is 61.0 Å². The molecule has 2 amide bonds. The van der Waals surface area contributed by atoms with E-state index in [9.17, 15) is 9.59 Å². The van der Waals surface area contributed by atoms with Crippen LogP contribution in [0.2, 0.25) is 0 Å². The molecule has 2 heterocycles. The molecule has 8 fully saturated rings. The summed E-state index contributed by atoms with van der Waals surface area (Å²) in [7, 11) is 0. The number of fused-ring (bicyclic) bond motifs is 4. The third-order valence-corrected chi connectivity index (χ3v) is 15.2. The number of carbonyl (C=O) groups excluding carboxylic acids is 2. The van der Waals surface area contributed by atoms with Crippen LogP contribution in [0.4, 0.5) is 0 Å². The van der Waals surface area contributed by atoms with Crippen molar-refractivity contribution in [1.82, 2.24) is 4.90 Å². The molecule has 11 atom stereocenters. The fraction of sp³-hybridized carbons (Fsp3) is 0.944. The topological polar surface area (TPSA) is 91.1 Å². The molecule has 7 nitrogen and oxygen atoms in total. The Morgan fingerprint density at radius 3 is 2.56 bits per heavy atom. The van der Waals surface area contributed by atoms with E-state index in [2.05, 4.69) is 20.8 Å². The van der Waals surface area contributed by atoms with Crippen LogP contribution in [0.3, 0.4) is 0 Å². The lowest BCUT2D eigenvalue weighted by Gasteiger charge is -2.60. The molecule has 8 aliphatic rings. The molecule has 9 unspecified atom stereocenters. The number of primary amides is 1. The lowest BCUT2D eigenvalue weighted by molar-refractivity contribution is -0.244. The third kappa shape index (κ3) is 4.51. The van der Waals surface area contributed by atoms with Crippen molar-refractivity contribution in [2.45, 2.75) is 142 Å². The Morgan fingerprint density at radius 2 is 1.77 bits per heavy atom. The Hall–Kier alpha value is -1.18. The Balaban J connectivity index is 0.00000312. The van der Waals surface area contributed by atoms with Gasteiger partial charge in [0.25, 0.3) is 0 Å². The van der Waals surface area contributed by atoms with Crippen molar-refractivity contribution in [3.05, 3.63) is 0 Å². The normalized spacial score (nSPS) is 49.6. The highest BCUT2D eigenvalue weighted by Gasteiger charge is 2.80. The van der Waals surface area contributed by atoms with Crippen LogP contribution in [0.25, 0.3) is 0 Å². The Labute approximate surface area is 260 Å². The van der Waals surface area contributed by atoms with Gasteiger partial charge in [-0.2, -0.15) is 0 Å². The largest absolute Gasteiger partial charge is 0.375 e. The first-order valence-electron chi connectivity index (χ1n) is 18.0. The van der Waals surface area contributed by atoms with Gasteiger partial charge in [-0.3, -0.25) is 9.59 Å². The summed E-state index contributed by atoms with van der Waals surface area (Å²) in [6.07, 6.45) is 17.7. The molecular formula is C36H58N2O5. The van der Waals surface area contributed by atoms with E-state index in [-0.39, 0.29) is 31.2 Å². The van der Waals surface area contributed by atoms with E-state index in [0.29, 0.717) is 78.5 Å². The number of rotatable bonds is 7. The monoisotopic (exact) mass is 598 g/mol. The number of nitrogens with two attached hydrogens (primary N) is 1. The number of morpholine rings is 1. The van der Waals surface area contributed by atoms with Gasteiger partial charge in [0.2, 0.25) is 11.8 Å². The van der Waals surface area contributed by atoms with Crippen LogP contribution in [0, 0.1) is 51.2 Å². The van der Waals surface area contributed by atoms with E-state index < -0.39 is 0 Å². The highest BCUT2D eigenvalue weighted by atomic mass is 16.7. The van der Waals surface area contributed by atoms with E-state index >= 15 is 0 Å². The first-order valence-corrected chi connectivity index (χ1v) is 18.0. The minimum atomic E-state index is -0.288. The van der Waals surface area contributed by atoms with Crippen LogP contribution in [-0.2, 0) is 23.8 Å². The van der Waals surface area contributed by atoms with Gasteiger partial charge in [0.1, 0.15) is 0 Å². The van der Waals surface area contributed by atoms with Gasteiger partial charge in [-0.05, 0) is 135 Å². The quantitative estimate of drug-likeness (QED) is 0.384. The summed E-state index contributed by atoms with van der Waals surface area (Å²) in [5, 5.41) is 0. The average molecular weight is 599 g/mol. The van der Waals surface area contributed by atoms with Gasteiger partial charge in [0.05, 0.1) is 31.5 Å². The second-order valence-corrected chi connectivity index (χ2v) is 17.3. The standard InChI is InChI=1S/C36H56N2O5.H2/c1-33(2)28-10-9-24-26-19-27-25(8-6-23(42-27)7-11-30(37)39)34(26,3)14-15-35(24)21-36(28,35)13-12-29(33)43-32-20-38(16-17-41-32)31(40)18-22-4-5-22;/h22-29,32H,4-21H2,1-3H3,(H2,37,39);1H/t23?,24?,25?,26?,27?,28?,29?,32?,34?,35-,36+;/m0./s1. The molecule has 43 heavy (non-hydrogen) atoms. The van der Waals surface area contributed by atoms with E-state index in [1.165, 1.54) is 64.2 Å². The van der Waals surface area contributed by atoms with Gasteiger partial charge in [-0.1, -0.05) is 20.8 Å². The molecule has 242 valence electrons. The summed E-state index contributed by atoms with van der Waals surface area (Å²) < 4.78 is 19.7. The van der Waals surface area contributed by atoms with Crippen molar-refractivity contribution in [2.24, 2.45) is 57.0 Å². The number of hydrogen-bond acceptors (Lipinski definition) is 5. The minimum absolute atomic E-state index is 0. The molecule has 0 aromatic carbocycles. The highest BCUT2D eigenvalue weighted by Crippen LogP contribution is 2.87. The highest BCUT2D eigenvalue weighted by molar-refractivity contribution is 5.76. The lowest BCUT2D eigenvalue weighted by Crippen LogP contribution is -2.56. The number of carbonyl (C=O) groups is 2. The molecule has 2 saturated heterocycles. The molecule has 7 heteroatoms. The molecule has 0 radical (unpaired) electrons. The predicted octanol–water partition coefficient (Wildman–Crippen LogP) is 6.07. The van der Waals surface area contributed by atoms with Gasteiger partial charge in [0, 0.05) is 20.8 Å². The van der Waals surface area contributed by atoms with Crippen LogP contribution < -0.4 is 5.73 Å². The molecular weight excluding hydrogens is 540 g/mol. The SMILES string of the molecule is CC1(C)C(OC2CN(C(=O)CC3CC3)CCO2)CC[C@]23C[C@]24CCC2(C)C5CCC(CCC(N)=O)OC5CC2C4CCC13.[HH]. The number of nitrogens with zero attached hydrogens (tertiary/aromatic N) is 1. The lowest BCUT2D eigenvalue weighted by atomic mass is 9.46. The van der Waals surface area contributed by atoms with E-state index in [0.717, 1.165) is 31.1 Å². The van der Waals surface area contributed by atoms with Gasteiger partial charge in [-0.15, -0.1) is 0 Å². The molecule has 6 aliphatic carbocycles. The predicted molar refractivity (Wildman–Crippen MR) is 165 cm³/mol. The summed E-state index contributed by atoms with van der Waals surface area (Å²) >= 11 is 0. The van der Waals surface area contributed by atoms with Gasteiger partial charge < -0.3 is 24.8 Å². The van der Waals surface area contributed by atoms with E-state index in [1.54, 1.807) is 0 Å². The number of hydrogen-bond donors (Lipinski definition) is 1. The van der Waals surface area contributed by atoms with Crippen molar-refractivity contribution in [1.29, 1.82) is 0 Å². The van der Waals surface area contributed by atoms with Gasteiger partial charge >= 0.3 is 0 Å². The fourth-order valence-corrected chi connectivity index (χ4v) is 12.9. The maximum Gasteiger partial charge on any atom is 0.223 e. The average Bonchev–Trinajstić information content (AvgIpc) is 3.89. The molecule has 2 N–H and O–H groups in total. The van der Waals surface area contributed by atoms with Crippen molar-refractivity contribution < 1.29 is 25.2 Å². The Bertz CT molecular complexity index is 1150. The number of ether oxygens (including phenoxy) is 3. The first-order chi connectivity index (χ1) is 20.6. The van der Waals surface area contributed by atoms with E-state index in [1.807, 2.05) is 4.90 Å². The van der Waals surface area contributed by atoms with Crippen molar-refractivity contribution in [2.75, 3.05) is 19.7 Å². The fourth-order valence-electron chi connectivity index (χ4n) is 12.9. The number of amides is 2. The Kier molecular flexibility index (Phi) is 6.91. The van der Waals surface area contributed by atoms with Gasteiger partial charge in [-0.25, -0.2) is 0 Å². The van der Waals surface area contributed by atoms with Crippen LogP contribution in [0.1, 0.15) is 119 Å². The molecule has 6 saturated carbocycles. The zero-order valence-corrected chi connectivity index (χ0v) is 27.0. The molecule has 0 aromatic rings. The van der Waals surface area contributed by atoms with Crippen molar-refractivity contribution in [3.8, 4) is 0 Å². The summed E-state index contributed by atoms with van der Waals surface area (Å²) in [6, 6.07) is 0. The van der Waals surface area contributed by atoms with Crippen LogP contribution in [0.5, 0.6) is 0 Å². The molecule has 0 aromatic heterocycles. The summed E-state index contributed by atoms with van der Waals surface area (Å²) in [5.74, 6) is 3.70. The Morgan fingerprint density at radius 1 is 0.953 bits per heavy atom. The summed E-state index contributed by atoms with van der Waals surface area (Å²) in [4.78, 5) is 26.2. The maximum atomic E-state index is 12.8. The zero-order valence-electron chi connectivity index (χ0n) is 27.0. The first kappa shape index (κ1) is 29.2. The van der Waals surface area contributed by atoms with Crippen molar-refractivity contribution >= 4 is 11.8 Å². The smallest absolute Gasteiger partial charge is 0.223 e. The molecule has 2 spiro atoms. The van der Waals surface area contributed by atoms with E-state index in [4.69, 9.17) is 19.9 Å². The van der Waals surface area contributed by atoms with Crippen molar-refractivity contribution in [3.63, 3.8) is 0 Å². The third-order valence-electron chi connectivity index (χ3n) is 15.2. The second-order valence-electron chi connectivity index (χ2n) is 17.3. The molecule has 8 rings (SSSR count). The zero-order chi connectivity index (χ0) is 29.8. The molecule has 2 aliphatic heterocycles. The molecule has 0 bridgehead atoms. The van der Waals surface area contributed by atoms with Crippen LogP contribution in [0.15, 0.2) is 0 Å². The second kappa shape index (κ2) is 10.2. The minimum Gasteiger partial charge on any atom is -0.375 e. The maximum absolute atomic E-state index is 12.8. The summed E-state index contributed by atoms with van der Waals surface area (Å²) in [6.45, 7) is 9.49. The summed E-state index contributed by atoms with van der Waals surface area (Å²) in [5.41, 5.74) is 6.98. The van der Waals surface area contributed by atoms with Crippen LogP contribution >= 0.6 is 0 Å².